The second-order valence-corrected chi connectivity index (χ2v) is 9.84. The number of hydrogen-bond donors (Lipinski definition) is 0. The number of nitrogens with zero attached hydrogens (tertiary/aromatic N) is 2. The fraction of sp³-hybridized carbons (Fsp3) is 0.435. The molecule has 1 heterocycles. The Morgan fingerprint density at radius 3 is 2.67 bits per heavy atom. The molecule has 1 aliphatic heterocycles. The number of amides is 1. The molecule has 6 nitrogen and oxygen atoms in total. The van der Waals surface area contributed by atoms with Crippen LogP contribution in [0.15, 0.2) is 47.4 Å². The molecule has 1 fully saturated rings. The number of benzene rings is 2. The van der Waals surface area contributed by atoms with Gasteiger partial charge in [0.1, 0.15) is 5.75 Å². The van der Waals surface area contributed by atoms with Crippen molar-refractivity contribution in [1.82, 2.24) is 9.21 Å². The number of carbonyl (C=O) groups excluding carboxylic acids is 1. The highest BCUT2D eigenvalue weighted by atomic mass is 32.2. The van der Waals surface area contributed by atoms with E-state index in [-0.39, 0.29) is 16.8 Å². The topological polar surface area (TPSA) is 66.9 Å². The summed E-state index contributed by atoms with van der Waals surface area (Å²) in [7, 11) is -0.310. The average Bonchev–Trinajstić information content (AvgIpc) is 2.73. The largest absolute Gasteiger partial charge is 0.497 e. The van der Waals surface area contributed by atoms with Crippen LogP contribution in [0, 0.1) is 6.92 Å². The highest BCUT2D eigenvalue weighted by Crippen LogP contribution is 2.27. The lowest BCUT2D eigenvalue weighted by molar-refractivity contribution is 0.0784. The molecular weight excluding hydrogens is 400 g/mol. The van der Waals surface area contributed by atoms with Gasteiger partial charge in [-0.25, -0.2) is 8.42 Å². The summed E-state index contributed by atoms with van der Waals surface area (Å²) in [6.07, 6.45) is 2.77. The quantitative estimate of drug-likeness (QED) is 0.698. The molecule has 0 bridgehead atoms. The Bertz CT molecular complexity index is 1020. The van der Waals surface area contributed by atoms with Gasteiger partial charge in [0.15, 0.2) is 0 Å². The van der Waals surface area contributed by atoms with Gasteiger partial charge in [-0.2, -0.15) is 4.31 Å². The zero-order valence-corrected chi connectivity index (χ0v) is 18.9. The molecule has 1 aliphatic rings. The Hall–Kier alpha value is -2.38. The van der Waals surface area contributed by atoms with E-state index >= 15 is 0 Å². The lowest BCUT2D eigenvalue weighted by Crippen LogP contribution is -2.42. The molecule has 2 aromatic rings. The van der Waals surface area contributed by atoms with Crippen LogP contribution in [-0.4, -0.2) is 50.3 Å². The van der Waals surface area contributed by atoms with E-state index in [9.17, 15) is 13.2 Å². The van der Waals surface area contributed by atoms with Gasteiger partial charge < -0.3 is 9.64 Å². The van der Waals surface area contributed by atoms with Crippen LogP contribution in [0.25, 0.3) is 0 Å². The van der Waals surface area contributed by atoms with E-state index < -0.39 is 10.0 Å². The van der Waals surface area contributed by atoms with Crippen molar-refractivity contribution in [3.63, 3.8) is 0 Å². The van der Waals surface area contributed by atoms with E-state index in [0.29, 0.717) is 18.7 Å². The Labute approximate surface area is 179 Å². The fourth-order valence-electron chi connectivity index (χ4n) is 3.88. The van der Waals surface area contributed by atoms with Gasteiger partial charge in [0.25, 0.3) is 5.91 Å². The van der Waals surface area contributed by atoms with E-state index in [1.165, 1.54) is 6.07 Å². The first-order chi connectivity index (χ1) is 14.2. The molecule has 30 heavy (non-hydrogen) atoms. The number of aryl methyl sites for hydroxylation is 1. The van der Waals surface area contributed by atoms with Gasteiger partial charge in [-0.05, 0) is 62.1 Å². The highest BCUT2D eigenvalue weighted by molar-refractivity contribution is 7.89. The molecule has 0 saturated carbocycles. The van der Waals surface area contributed by atoms with Crippen molar-refractivity contribution < 1.29 is 17.9 Å². The van der Waals surface area contributed by atoms with Gasteiger partial charge in [0.2, 0.25) is 10.0 Å². The van der Waals surface area contributed by atoms with E-state index in [1.54, 1.807) is 35.5 Å². The lowest BCUT2D eigenvalue weighted by Gasteiger charge is -2.32. The van der Waals surface area contributed by atoms with Crippen LogP contribution in [0.2, 0.25) is 0 Å². The number of sulfonamides is 1. The normalized spacial score (nSPS) is 17.5. The Balaban J connectivity index is 1.86. The van der Waals surface area contributed by atoms with Gasteiger partial charge in [-0.3, -0.25) is 4.79 Å². The number of piperidine rings is 1. The van der Waals surface area contributed by atoms with Crippen LogP contribution in [0.5, 0.6) is 5.75 Å². The van der Waals surface area contributed by atoms with Gasteiger partial charge in [0, 0.05) is 31.7 Å². The molecule has 2 aromatic carbocycles. The summed E-state index contributed by atoms with van der Waals surface area (Å²) < 4.78 is 33.2. The van der Waals surface area contributed by atoms with Crippen LogP contribution >= 0.6 is 0 Å². The molecule has 0 radical (unpaired) electrons. The van der Waals surface area contributed by atoms with Crippen LogP contribution in [0.4, 0.5) is 0 Å². The van der Waals surface area contributed by atoms with Crippen molar-refractivity contribution in [2.45, 2.75) is 50.6 Å². The molecule has 0 spiro atoms. The zero-order chi connectivity index (χ0) is 21.9. The Kier molecular flexibility index (Phi) is 6.83. The second-order valence-electron chi connectivity index (χ2n) is 7.95. The maximum Gasteiger partial charge on any atom is 0.254 e. The minimum Gasteiger partial charge on any atom is -0.497 e. The molecule has 1 saturated heterocycles. The van der Waals surface area contributed by atoms with Crippen molar-refractivity contribution >= 4 is 15.9 Å². The monoisotopic (exact) mass is 430 g/mol. The molecule has 0 aliphatic carbocycles. The zero-order valence-electron chi connectivity index (χ0n) is 18.1. The predicted octanol–water partition coefficient (Wildman–Crippen LogP) is 3.84. The number of methoxy groups -OCH3 is 1. The summed E-state index contributed by atoms with van der Waals surface area (Å²) in [6.45, 7) is 4.69. The molecule has 1 unspecified atom stereocenters. The van der Waals surface area contributed by atoms with Crippen molar-refractivity contribution in [1.29, 1.82) is 0 Å². The van der Waals surface area contributed by atoms with Gasteiger partial charge in [-0.1, -0.05) is 24.6 Å². The number of hydrogen-bond acceptors (Lipinski definition) is 4. The summed E-state index contributed by atoms with van der Waals surface area (Å²) >= 11 is 0. The molecule has 3 rings (SSSR count). The fourth-order valence-corrected chi connectivity index (χ4v) is 5.60. The summed E-state index contributed by atoms with van der Waals surface area (Å²) in [6, 6.07) is 12.4. The van der Waals surface area contributed by atoms with Crippen molar-refractivity contribution in [3.8, 4) is 5.75 Å². The first kappa shape index (κ1) is 22.3. The Morgan fingerprint density at radius 1 is 1.20 bits per heavy atom. The van der Waals surface area contributed by atoms with E-state index in [4.69, 9.17) is 4.74 Å². The molecule has 0 aromatic heterocycles. The third-order valence-corrected chi connectivity index (χ3v) is 7.70. The first-order valence-electron chi connectivity index (χ1n) is 10.2. The van der Waals surface area contributed by atoms with E-state index in [2.05, 4.69) is 0 Å². The van der Waals surface area contributed by atoms with Crippen molar-refractivity contribution in [2.75, 3.05) is 20.7 Å². The van der Waals surface area contributed by atoms with E-state index in [0.717, 1.165) is 36.1 Å². The molecule has 7 heteroatoms. The second kappa shape index (κ2) is 9.18. The maximum atomic E-state index is 13.2. The highest BCUT2D eigenvalue weighted by Gasteiger charge is 2.31. The third kappa shape index (κ3) is 4.68. The van der Waals surface area contributed by atoms with Crippen molar-refractivity contribution in [2.24, 2.45) is 0 Å². The predicted molar refractivity (Wildman–Crippen MR) is 117 cm³/mol. The molecule has 0 N–H and O–H groups in total. The molecule has 1 amide bonds. The average molecular weight is 431 g/mol. The number of rotatable bonds is 6. The van der Waals surface area contributed by atoms with Gasteiger partial charge >= 0.3 is 0 Å². The smallest absolute Gasteiger partial charge is 0.254 e. The third-order valence-electron chi connectivity index (χ3n) is 5.69. The van der Waals surface area contributed by atoms with Gasteiger partial charge in [-0.15, -0.1) is 0 Å². The number of ether oxygens (including phenoxy) is 1. The van der Waals surface area contributed by atoms with Crippen LogP contribution < -0.4 is 4.74 Å². The van der Waals surface area contributed by atoms with Crippen LogP contribution in [0.3, 0.4) is 0 Å². The Morgan fingerprint density at radius 2 is 1.97 bits per heavy atom. The molecular formula is C23H30N2O4S. The summed E-state index contributed by atoms with van der Waals surface area (Å²) in [4.78, 5) is 14.9. The standard InChI is InChI=1S/C23H30N2O4S/c1-17-11-12-21(30(27,28)25-13-6-5-8-18(25)2)15-22(17)23(26)24(3)16-19-9-7-10-20(14-19)29-4/h7,9-12,14-15,18H,5-6,8,13,16H2,1-4H3. The minimum absolute atomic E-state index is 0.0278. The van der Waals surface area contributed by atoms with Crippen LogP contribution in [-0.2, 0) is 16.6 Å². The molecule has 162 valence electrons. The summed E-state index contributed by atoms with van der Waals surface area (Å²) in [5, 5.41) is 0. The lowest BCUT2D eigenvalue weighted by atomic mass is 10.1. The van der Waals surface area contributed by atoms with Crippen molar-refractivity contribution in [3.05, 3.63) is 59.2 Å². The summed E-state index contributed by atoms with van der Waals surface area (Å²) in [5.41, 5.74) is 2.10. The number of carbonyl (C=O) groups is 1. The van der Waals surface area contributed by atoms with Crippen LogP contribution in [0.1, 0.15) is 47.7 Å². The van der Waals surface area contributed by atoms with E-state index in [1.807, 2.05) is 38.1 Å². The summed E-state index contributed by atoms with van der Waals surface area (Å²) in [5.74, 6) is 0.521. The van der Waals surface area contributed by atoms with Gasteiger partial charge in [0.05, 0.1) is 12.0 Å². The minimum atomic E-state index is -3.63. The SMILES string of the molecule is COc1cccc(CN(C)C(=O)c2cc(S(=O)(=O)N3CCCCC3C)ccc2C)c1. The first-order valence-corrected chi connectivity index (χ1v) is 11.7. The maximum absolute atomic E-state index is 13.2. The molecule has 1 atom stereocenters.